The zero-order chi connectivity index (χ0) is 18.4. The van der Waals surface area contributed by atoms with Crippen molar-refractivity contribution >= 4 is 23.5 Å². The van der Waals surface area contributed by atoms with Crippen molar-refractivity contribution in [3.8, 4) is 0 Å². The summed E-state index contributed by atoms with van der Waals surface area (Å²) in [5, 5.41) is 8.90. The van der Waals surface area contributed by atoms with Gasteiger partial charge in [0.25, 0.3) is 0 Å². The van der Waals surface area contributed by atoms with Crippen molar-refractivity contribution in [2.75, 3.05) is 6.61 Å². The zero-order valence-electron chi connectivity index (χ0n) is 14.8. The fourth-order valence-electron chi connectivity index (χ4n) is 2.45. The number of aliphatic carboxylic acids is 1. The van der Waals surface area contributed by atoms with Crippen LogP contribution in [0.15, 0.2) is 0 Å². The molecule has 24 heavy (non-hydrogen) atoms. The summed E-state index contributed by atoms with van der Waals surface area (Å²) in [5.74, 6) is -2.78. The van der Waals surface area contributed by atoms with Gasteiger partial charge in [-0.15, -0.1) is 0 Å². The Kier molecular flexibility index (Phi) is 12.7. The molecule has 0 heterocycles. The number of hydrogen-bond acceptors (Lipinski definition) is 5. The largest absolute Gasteiger partial charge is 0.481 e. The number of hydrogen-bond donors (Lipinski definition) is 1. The Hall–Kier alpha value is -1.72. The summed E-state index contributed by atoms with van der Waals surface area (Å²) in [5.41, 5.74) is 0. The number of unbranched alkanes of at least 4 members (excludes halogenated alkanes) is 7. The van der Waals surface area contributed by atoms with Gasteiger partial charge in [0.15, 0.2) is 0 Å². The van der Waals surface area contributed by atoms with Crippen molar-refractivity contribution in [3.63, 3.8) is 0 Å². The maximum absolute atomic E-state index is 11.1. The van der Waals surface area contributed by atoms with Gasteiger partial charge in [-0.3, -0.25) is 19.2 Å². The molecule has 6 nitrogen and oxygen atoms in total. The third-order valence-corrected chi connectivity index (χ3v) is 3.83. The number of carboxylic acid groups (broad SMARTS) is 1. The molecule has 0 aromatic heterocycles. The summed E-state index contributed by atoms with van der Waals surface area (Å²) in [6, 6.07) is 0. The summed E-state index contributed by atoms with van der Waals surface area (Å²) < 4.78 is 4.94. The molecule has 0 radical (unpaired) electrons. The lowest BCUT2D eigenvalue weighted by molar-refractivity contribution is -0.147. The molecule has 0 aliphatic carbocycles. The monoisotopic (exact) mass is 342 g/mol. The Balaban J connectivity index is 3.40. The Morgan fingerprint density at radius 2 is 1.33 bits per heavy atom. The third-order valence-electron chi connectivity index (χ3n) is 3.83. The van der Waals surface area contributed by atoms with Gasteiger partial charge in [-0.05, 0) is 26.7 Å². The molecular formula is C18H30O6. The molecule has 0 amide bonds. The van der Waals surface area contributed by atoms with Crippen molar-refractivity contribution in [2.24, 2.45) is 5.92 Å². The molecule has 6 heteroatoms. The van der Waals surface area contributed by atoms with E-state index in [2.05, 4.69) is 0 Å². The third kappa shape index (κ3) is 12.8. The first-order valence-corrected chi connectivity index (χ1v) is 8.73. The van der Waals surface area contributed by atoms with Gasteiger partial charge in [-0.1, -0.05) is 44.9 Å². The smallest absolute Gasteiger partial charge is 0.314 e. The average molecular weight is 342 g/mol. The van der Waals surface area contributed by atoms with Crippen molar-refractivity contribution in [1.29, 1.82) is 0 Å². The first kappa shape index (κ1) is 22.3. The lowest BCUT2D eigenvalue weighted by atomic mass is 9.97. The molecule has 0 aromatic carbocycles. The van der Waals surface area contributed by atoms with Crippen LogP contribution in [-0.4, -0.2) is 35.2 Å². The van der Waals surface area contributed by atoms with Crippen LogP contribution < -0.4 is 0 Å². The first-order valence-electron chi connectivity index (χ1n) is 8.73. The number of carboxylic acids is 1. The SMILES string of the molecule is CC(=O)CC(=O)OCCCCCCCCCCC(C(C)=O)C(=O)O. The zero-order valence-corrected chi connectivity index (χ0v) is 14.8. The Bertz CT molecular complexity index is 402. The molecule has 0 aliphatic rings. The number of esters is 1. The van der Waals surface area contributed by atoms with Crippen LogP contribution in [0.3, 0.4) is 0 Å². The van der Waals surface area contributed by atoms with Crippen LogP contribution in [0, 0.1) is 5.92 Å². The highest BCUT2D eigenvalue weighted by molar-refractivity contribution is 5.96. The lowest BCUT2D eigenvalue weighted by Crippen LogP contribution is -2.21. The molecule has 1 N–H and O–H groups in total. The fraction of sp³-hybridized carbons (Fsp3) is 0.778. The second-order valence-corrected chi connectivity index (χ2v) is 6.22. The number of carbonyl (C=O) groups excluding carboxylic acids is 3. The fourth-order valence-corrected chi connectivity index (χ4v) is 2.45. The predicted octanol–water partition coefficient (Wildman–Crippen LogP) is 3.31. The normalized spacial score (nSPS) is 11.8. The van der Waals surface area contributed by atoms with Gasteiger partial charge in [-0.2, -0.15) is 0 Å². The molecule has 1 atom stereocenters. The number of Topliss-reactive ketones (excluding diaryl/α,β-unsaturated/α-hetero) is 2. The van der Waals surface area contributed by atoms with Crippen LogP contribution in [0.1, 0.15) is 78.1 Å². The highest BCUT2D eigenvalue weighted by atomic mass is 16.5. The summed E-state index contributed by atoms with van der Waals surface area (Å²) in [4.78, 5) is 43.8. The molecule has 1 unspecified atom stereocenters. The molecule has 0 fully saturated rings. The van der Waals surface area contributed by atoms with E-state index in [4.69, 9.17) is 9.84 Å². The minimum atomic E-state index is -1.02. The number of ether oxygens (including phenoxy) is 1. The minimum Gasteiger partial charge on any atom is -0.481 e. The summed E-state index contributed by atoms with van der Waals surface area (Å²) >= 11 is 0. The first-order chi connectivity index (χ1) is 11.3. The quantitative estimate of drug-likeness (QED) is 0.278. The summed E-state index contributed by atoms with van der Waals surface area (Å²) in [7, 11) is 0. The van der Waals surface area contributed by atoms with Gasteiger partial charge in [0.2, 0.25) is 0 Å². The van der Waals surface area contributed by atoms with E-state index in [-0.39, 0.29) is 18.0 Å². The van der Waals surface area contributed by atoms with Crippen LogP contribution in [0.25, 0.3) is 0 Å². The van der Waals surface area contributed by atoms with E-state index < -0.39 is 17.9 Å². The van der Waals surface area contributed by atoms with Crippen LogP contribution >= 0.6 is 0 Å². The Morgan fingerprint density at radius 1 is 0.833 bits per heavy atom. The topological polar surface area (TPSA) is 97.7 Å². The van der Waals surface area contributed by atoms with Crippen molar-refractivity contribution in [1.82, 2.24) is 0 Å². The number of carbonyl (C=O) groups is 4. The van der Waals surface area contributed by atoms with Gasteiger partial charge >= 0.3 is 11.9 Å². The Labute approximate surface area is 143 Å². The van der Waals surface area contributed by atoms with E-state index >= 15 is 0 Å². The van der Waals surface area contributed by atoms with E-state index in [1.165, 1.54) is 13.8 Å². The van der Waals surface area contributed by atoms with E-state index in [0.717, 1.165) is 51.4 Å². The maximum Gasteiger partial charge on any atom is 0.314 e. The van der Waals surface area contributed by atoms with Crippen LogP contribution in [0.2, 0.25) is 0 Å². The molecule has 0 aromatic rings. The van der Waals surface area contributed by atoms with E-state index in [0.29, 0.717) is 13.0 Å². The lowest BCUT2D eigenvalue weighted by Gasteiger charge is -2.08. The van der Waals surface area contributed by atoms with Gasteiger partial charge in [-0.25, -0.2) is 0 Å². The maximum atomic E-state index is 11.1. The van der Waals surface area contributed by atoms with Gasteiger partial charge in [0.1, 0.15) is 23.9 Å². The molecule has 138 valence electrons. The Morgan fingerprint density at radius 3 is 1.79 bits per heavy atom. The van der Waals surface area contributed by atoms with E-state index in [9.17, 15) is 19.2 Å². The number of rotatable bonds is 15. The molecule has 0 aliphatic heterocycles. The highest BCUT2D eigenvalue weighted by Crippen LogP contribution is 2.14. The second-order valence-electron chi connectivity index (χ2n) is 6.22. The molecule has 0 rings (SSSR count). The highest BCUT2D eigenvalue weighted by Gasteiger charge is 2.21. The molecular weight excluding hydrogens is 312 g/mol. The standard InChI is InChI=1S/C18H30O6/c1-14(19)13-17(21)24-12-10-8-6-4-3-5-7-9-11-16(15(2)20)18(22)23/h16H,3-13H2,1-2H3,(H,22,23). The van der Waals surface area contributed by atoms with Gasteiger partial charge < -0.3 is 9.84 Å². The van der Waals surface area contributed by atoms with Crippen LogP contribution in [-0.2, 0) is 23.9 Å². The molecule has 0 saturated carbocycles. The van der Waals surface area contributed by atoms with Crippen molar-refractivity contribution < 1.29 is 29.0 Å². The average Bonchev–Trinajstić information content (AvgIpc) is 2.46. The van der Waals surface area contributed by atoms with Crippen LogP contribution in [0.5, 0.6) is 0 Å². The predicted molar refractivity (Wildman–Crippen MR) is 89.6 cm³/mol. The van der Waals surface area contributed by atoms with Gasteiger partial charge in [0.05, 0.1) is 6.61 Å². The summed E-state index contributed by atoms with van der Waals surface area (Å²) in [6.45, 7) is 3.06. The second kappa shape index (κ2) is 13.7. The van der Waals surface area contributed by atoms with E-state index in [1.54, 1.807) is 0 Å². The number of ketones is 2. The molecule has 0 spiro atoms. The van der Waals surface area contributed by atoms with Crippen molar-refractivity contribution in [2.45, 2.75) is 78.1 Å². The van der Waals surface area contributed by atoms with Crippen LogP contribution in [0.4, 0.5) is 0 Å². The van der Waals surface area contributed by atoms with E-state index in [1.807, 2.05) is 0 Å². The van der Waals surface area contributed by atoms with Crippen molar-refractivity contribution in [3.05, 3.63) is 0 Å². The minimum absolute atomic E-state index is 0.146. The van der Waals surface area contributed by atoms with Gasteiger partial charge in [0, 0.05) is 0 Å². The molecule has 0 bridgehead atoms. The summed E-state index contributed by atoms with van der Waals surface area (Å²) in [6.07, 6.45) is 8.07. The molecule has 0 saturated heterocycles.